The molecule has 108 valence electrons. The molecular formula is C15H15N3O3. The van der Waals surface area contributed by atoms with Crippen LogP contribution in [-0.4, -0.2) is 27.2 Å². The van der Waals surface area contributed by atoms with Gasteiger partial charge in [0.1, 0.15) is 0 Å². The molecule has 1 aromatic carbocycles. The van der Waals surface area contributed by atoms with Gasteiger partial charge in [-0.15, -0.1) is 0 Å². The minimum Gasteiger partial charge on any atom is -0.478 e. The second kappa shape index (κ2) is 6.51. The van der Waals surface area contributed by atoms with Gasteiger partial charge in [-0.25, -0.2) is 4.79 Å². The Morgan fingerprint density at radius 1 is 1.43 bits per heavy atom. The highest BCUT2D eigenvalue weighted by molar-refractivity contribution is 5.97. The number of amides is 1. The van der Waals surface area contributed by atoms with E-state index in [1.165, 1.54) is 6.08 Å². The topological polar surface area (TPSA) is 95.1 Å². The van der Waals surface area contributed by atoms with E-state index in [0.717, 1.165) is 17.2 Å². The van der Waals surface area contributed by atoms with Crippen LogP contribution < -0.4 is 5.32 Å². The normalized spacial score (nSPS) is 10.7. The lowest BCUT2D eigenvalue weighted by Crippen LogP contribution is -2.23. The largest absolute Gasteiger partial charge is 0.478 e. The fourth-order valence-corrected chi connectivity index (χ4v) is 1.89. The first-order valence-electron chi connectivity index (χ1n) is 6.34. The molecule has 21 heavy (non-hydrogen) atoms. The third-order valence-electron chi connectivity index (χ3n) is 3.03. The predicted octanol–water partition coefficient (Wildman–Crippen LogP) is 1.75. The van der Waals surface area contributed by atoms with E-state index in [1.807, 2.05) is 0 Å². The first kappa shape index (κ1) is 14.5. The Balaban J connectivity index is 2.13. The van der Waals surface area contributed by atoms with Crippen molar-refractivity contribution in [1.82, 2.24) is 15.5 Å². The van der Waals surface area contributed by atoms with E-state index in [-0.39, 0.29) is 5.91 Å². The number of carbonyl (C=O) groups excluding carboxylic acids is 1. The molecule has 0 radical (unpaired) electrons. The zero-order valence-electron chi connectivity index (χ0n) is 11.5. The number of nitrogens with zero attached hydrogens (tertiary/aromatic N) is 1. The van der Waals surface area contributed by atoms with Gasteiger partial charge in [-0.3, -0.25) is 9.89 Å². The van der Waals surface area contributed by atoms with Crippen LogP contribution in [0.2, 0.25) is 0 Å². The highest BCUT2D eigenvalue weighted by atomic mass is 16.4. The van der Waals surface area contributed by atoms with Gasteiger partial charge in [-0.05, 0) is 30.2 Å². The van der Waals surface area contributed by atoms with Crippen molar-refractivity contribution in [2.45, 2.75) is 13.5 Å². The number of hydrogen-bond donors (Lipinski definition) is 3. The second-order valence-corrected chi connectivity index (χ2v) is 4.48. The molecule has 0 unspecified atom stereocenters. The number of carboxylic acids is 1. The monoisotopic (exact) mass is 285 g/mol. The highest BCUT2D eigenvalue weighted by Crippen LogP contribution is 2.15. The van der Waals surface area contributed by atoms with Crippen LogP contribution in [0, 0.1) is 6.92 Å². The number of benzene rings is 1. The van der Waals surface area contributed by atoms with Crippen molar-refractivity contribution in [2.24, 2.45) is 0 Å². The molecule has 2 aromatic rings. The molecule has 0 saturated carbocycles. The molecule has 6 nitrogen and oxygen atoms in total. The van der Waals surface area contributed by atoms with E-state index < -0.39 is 5.97 Å². The first-order chi connectivity index (χ1) is 10.1. The third kappa shape index (κ3) is 3.79. The van der Waals surface area contributed by atoms with Gasteiger partial charge in [-0.2, -0.15) is 5.10 Å². The van der Waals surface area contributed by atoms with E-state index in [0.29, 0.717) is 17.7 Å². The fourth-order valence-electron chi connectivity index (χ4n) is 1.89. The Hall–Kier alpha value is -2.89. The number of aromatic nitrogens is 2. The molecule has 1 aromatic heterocycles. The van der Waals surface area contributed by atoms with E-state index in [4.69, 9.17) is 5.11 Å². The molecule has 0 bridgehead atoms. The minimum atomic E-state index is -1.02. The SMILES string of the molecule is Cc1c(C=CC(=O)O)cccc1C(=O)NCc1cn[nH]c1. The van der Waals surface area contributed by atoms with Gasteiger partial charge < -0.3 is 10.4 Å². The molecule has 0 aliphatic heterocycles. The van der Waals surface area contributed by atoms with E-state index in [9.17, 15) is 9.59 Å². The molecular weight excluding hydrogens is 270 g/mol. The molecule has 1 amide bonds. The predicted molar refractivity (Wildman–Crippen MR) is 77.6 cm³/mol. The van der Waals surface area contributed by atoms with Gasteiger partial charge in [0.05, 0.1) is 6.20 Å². The molecule has 0 aliphatic carbocycles. The number of carboxylic acid groups (broad SMARTS) is 1. The number of H-pyrrole nitrogens is 1. The molecule has 2 rings (SSSR count). The quantitative estimate of drug-likeness (QED) is 0.729. The zero-order valence-corrected chi connectivity index (χ0v) is 11.5. The standard InChI is InChI=1S/C15H15N3O3/c1-10-12(5-6-14(19)20)3-2-4-13(10)15(21)16-7-11-8-17-18-9-11/h2-6,8-9H,7H2,1H3,(H,16,21)(H,17,18)(H,19,20). The maximum absolute atomic E-state index is 12.2. The smallest absolute Gasteiger partial charge is 0.328 e. The van der Waals surface area contributed by atoms with Gasteiger partial charge >= 0.3 is 5.97 Å². The maximum Gasteiger partial charge on any atom is 0.328 e. The molecule has 0 atom stereocenters. The van der Waals surface area contributed by atoms with Crippen LogP contribution >= 0.6 is 0 Å². The van der Waals surface area contributed by atoms with Gasteiger partial charge in [-0.1, -0.05) is 12.1 Å². The van der Waals surface area contributed by atoms with Crippen LogP contribution in [0.25, 0.3) is 6.08 Å². The third-order valence-corrected chi connectivity index (χ3v) is 3.03. The molecule has 0 spiro atoms. The lowest BCUT2D eigenvalue weighted by atomic mass is 10.0. The lowest BCUT2D eigenvalue weighted by molar-refractivity contribution is -0.131. The van der Waals surface area contributed by atoms with Crippen LogP contribution in [0.15, 0.2) is 36.7 Å². The average Bonchev–Trinajstić information content (AvgIpc) is 2.97. The molecule has 1 heterocycles. The Kier molecular flexibility index (Phi) is 4.50. The van der Waals surface area contributed by atoms with Crippen molar-refractivity contribution in [3.63, 3.8) is 0 Å². The number of aliphatic carboxylic acids is 1. The summed E-state index contributed by atoms with van der Waals surface area (Å²) in [4.78, 5) is 22.7. The van der Waals surface area contributed by atoms with Gasteiger partial charge in [0.25, 0.3) is 5.91 Å². The van der Waals surface area contributed by atoms with Crippen molar-refractivity contribution in [3.8, 4) is 0 Å². The van der Waals surface area contributed by atoms with Crippen molar-refractivity contribution in [3.05, 3.63) is 58.9 Å². The minimum absolute atomic E-state index is 0.209. The summed E-state index contributed by atoms with van der Waals surface area (Å²) in [6.45, 7) is 2.16. The van der Waals surface area contributed by atoms with Crippen molar-refractivity contribution < 1.29 is 14.7 Å². The van der Waals surface area contributed by atoms with Gasteiger partial charge in [0.2, 0.25) is 0 Å². The maximum atomic E-state index is 12.2. The molecule has 6 heteroatoms. The summed E-state index contributed by atoms with van der Waals surface area (Å²) in [5, 5.41) is 17.9. The summed E-state index contributed by atoms with van der Waals surface area (Å²) in [6, 6.07) is 5.20. The number of nitrogens with one attached hydrogen (secondary N) is 2. The average molecular weight is 285 g/mol. The Bertz CT molecular complexity index is 675. The van der Waals surface area contributed by atoms with Crippen LogP contribution in [-0.2, 0) is 11.3 Å². The number of aromatic amines is 1. The molecule has 3 N–H and O–H groups in total. The van der Waals surface area contributed by atoms with Gasteiger partial charge in [0.15, 0.2) is 0 Å². The second-order valence-electron chi connectivity index (χ2n) is 4.48. The Labute approximate surface area is 121 Å². The summed E-state index contributed by atoms with van der Waals surface area (Å²) in [6.07, 6.45) is 5.87. The molecule has 0 saturated heterocycles. The van der Waals surface area contributed by atoms with E-state index in [1.54, 1.807) is 37.5 Å². The number of rotatable bonds is 5. The first-order valence-corrected chi connectivity index (χ1v) is 6.34. The number of hydrogen-bond acceptors (Lipinski definition) is 3. The highest BCUT2D eigenvalue weighted by Gasteiger charge is 2.10. The van der Waals surface area contributed by atoms with Crippen LogP contribution in [0.4, 0.5) is 0 Å². The number of carbonyl (C=O) groups is 2. The zero-order chi connectivity index (χ0) is 15.2. The van der Waals surface area contributed by atoms with Crippen molar-refractivity contribution in [1.29, 1.82) is 0 Å². The fraction of sp³-hybridized carbons (Fsp3) is 0.133. The Morgan fingerprint density at radius 2 is 2.24 bits per heavy atom. The van der Waals surface area contributed by atoms with Crippen molar-refractivity contribution >= 4 is 18.0 Å². The summed E-state index contributed by atoms with van der Waals surface area (Å²) in [5.41, 5.74) is 2.84. The van der Waals surface area contributed by atoms with Gasteiger partial charge in [0, 0.05) is 29.9 Å². The van der Waals surface area contributed by atoms with E-state index >= 15 is 0 Å². The summed E-state index contributed by atoms with van der Waals surface area (Å²) in [7, 11) is 0. The van der Waals surface area contributed by atoms with Crippen LogP contribution in [0.1, 0.15) is 27.0 Å². The van der Waals surface area contributed by atoms with Crippen LogP contribution in [0.3, 0.4) is 0 Å². The summed E-state index contributed by atoms with van der Waals surface area (Å²) in [5.74, 6) is -1.23. The van der Waals surface area contributed by atoms with Crippen LogP contribution in [0.5, 0.6) is 0 Å². The summed E-state index contributed by atoms with van der Waals surface area (Å²) < 4.78 is 0. The molecule has 0 fully saturated rings. The summed E-state index contributed by atoms with van der Waals surface area (Å²) >= 11 is 0. The Morgan fingerprint density at radius 3 is 2.90 bits per heavy atom. The van der Waals surface area contributed by atoms with Crippen molar-refractivity contribution in [2.75, 3.05) is 0 Å². The lowest BCUT2D eigenvalue weighted by Gasteiger charge is -2.09. The van der Waals surface area contributed by atoms with E-state index in [2.05, 4.69) is 15.5 Å². The molecule has 0 aliphatic rings.